The van der Waals surface area contributed by atoms with Crippen molar-refractivity contribution in [1.29, 1.82) is 10.5 Å². The van der Waals surface area contributed by atoms with E-state index in [9.17, 15) is 13.2 Å². The molecule has 0 saturated heterocycles. The molecule has 1 rings (SSSR count). The molecule has 1 heterocycles. The Hall–Kier alpha value is -2.08. The summed E-state index contributed by atoms with van der Waals surface area (Å²) in [7, 11) is 0. The molecule has 0 spiro atoms. The number of alkyl halides is 2. The van der Waals surface area contributed by atoms with Crippen LogP contribution in [0.1, 0.15) is 23.2 Å². The van der Waals surface area contributed by atoms with Gasteiger partial charge in [-0.2, -0.15) is 10.5 Å². The van der Waals surface area contributed by atoms with Crippen molar-refractivity contribution in [1.82, 2.24) is 4.98 Å². The number of nitrogens with zero attached hydrogens (tertiary/aromatic N) is 3. The van der Waals surface area contributed by atoms with Crippen LogP contribution in [0, 0.1) is 28.5 Å². The zero-order valence-corrected chi connectivity index (χ0v) is 7.34. The third kappa shape index (κ3) is 2.05. The first kappa shape index (κ1) is 11.0. The van der Waals surface area contributed by atoms with Crippen LogP contribution in [0.5, 0.6) is 0 Å². The number of rotatable bonds is 2. The first-order valence-corrected chi connectivity index (χ1v) is 3.84. The second kappa shape index (κ2) is 4.43. The highest BCUT2D eigenvalue weighted by atomic mass is 19.3. The van der Waals surface area contributed by atoms with Crippen molar-refractivity contribution in [3.05, 3.63) is 28.8 Å². The molecular weight excluding hydrogens is 207 g/mol. The van der Waals surface area contributed by atoms with E-state index in [4.69, 9.17) is 10.5 Å². The van der Waals surface area contributed by atoms with E-state index in [1.807, 2.05) is 0 Å². The molecule has 0 aliphatic carbocycles. The molecule has 1 aromatic heterocycles. The summed E-state index contributed by atoms with van der Waals surface area (Å²) in [6.07, 6.45) is -2.97. The molecule has 76 valence electrons. The van der Waals surface area contributed by atoms with E-state index in [1.54, 1.807) is 12.1 Å². The summed E-state index contributed by atoms with van der Waals surface area (Å²) in [5, 5.41) is 16.9. The topological polar surface area (TPSA) is 60.5 Å². The molecule has 0 bridgehead atoms. The molecule has 0 radical (unpaired) electrons. The molecule has 6 heteroatoms. The molecular formula is C9H4F3N3. The van der Waals surface area contributed by atoms with Crippen LogP contribution in [0.15, 0.2) is 6.20 Å². The highest BCUT2D eigenvalue weighted by molar-refractivity contribution is 5.40. The SMILES string of the molecule is N#CCc1c(C#N)ncc(F)c1C(F)F. The van der Waals surface area contributed by atoms with E-state index >= 15 is 0 Å². The average Bonchev–Trinajstić information content (AvgIpc) is 2.18. The number of hydrogen-bond donors (Lipinski definition) is 0. The molecule has 0 aliphatic heterocycles. The minimum atomic E-state index is -3.07. The van der Waals surface area contributed by atoms with Crippen LogP contribution in [-0.2, 0) is 6.42 Å². The zero-order chi connectivity index (χ0) is 11.4. The third-order valence-electron chi connectivity index (χ3n) is 1.76. The van der Waals surface area contributed by atoms with Crippen molar-refractivity contribution < 1.29 is 13.2 Å². The van der Waals surface area contributed by atoms with Crippen molar-refractivity contribution in [3.63, 3.8) is 0 Å². The Kier molecular flexibility index (Phi) is 3.25. The predicted octanol–water partition coefficient (Wildman–Crippen LogP) is 2.10. The quantitative estimate of drug-likeness (QED) is 0.752. The Morgan fingerprint density at radius 3 is 2.53 bits per heavy atom. The Morgan fingerprint density at radius 2 is 2.07 bits per heavy atom. The molecule has 0 aromatic carbocycles. The normalized spacial score (nSPS) is 9.73. The summed E-state index contributed by atoms with van der Waals surface area (Å²) < 4.78 is 37.9. The highest BCUT2D eigenvalue weighted by Gasteiger charge is 2.21. The van der Waals surface area contributed by atoms with Gasteiger partial charge in [0.1, 0.15) is 11.8 Å². The van der Waals surface area contributed by atoms with Gasteiger partial charge < -0.3 is 0 Å². The summed E-state index contributed by atoms with van der Waals surface area (Å²) in [5.74, 6) is -1.20. The fourth-order valence-corrected chi connectivity index (χ4v) is 1.13. The van der Waals surface area contributed by atoms with Crippen molar-refractivity contribution >= 4 is 0 Å². The van der Waals surface area contributed by atoms with Gasteiger partial charge in [-0.3, -0.25) is 0 Å². The number of pyridine rings is 1. The number of nitriles is 2. The second-order valence-electron chi connectivity index (χ2n) is 2.59. The first-order valence-electron chi connectivity index (χ1n) is 3.84. The van der Waals surface area contributed by atoms with Gasteiger partial charge in [-0.05, 0) is 0 Å². The molecule has 15 heavy (non-hydrogen) atoms. The monoisotopic (exact) mass is 211 g/mol. The van der Waals surface area contributed by atoms with Gasteiger partial charge in [0.05, 0.1) is 24.3 Å². The standard InChI is InChI=1S/C9H4F3N3/c10-6-4-15-7(3-14)5(1-2-13)8(6)9(11)12/h4,9H,1H2. The van der Waals surface area contributed by atoms with E-state index < -0.39 is 24.2 Å². The lowest BCUT2D eigenvalue weighted by molar-refractivity contribution is 0.145. The van der Waals surface area contributed by atoms with Gasteiger partial charge in [-0.15, -0.1) is 0 Å². The second-order valence-corrected chi connectivity index (χ2v) is 2.59. The lowest BCUT2D eigenvalue weighted by atomic mass is 10.0. The summed E-state index contributed by atoms with van der Waals surface area (Å²) in [4.78, 5) is 3.34. The van der Waals surface area contributed by atoms with Crippen LogP contribution in [0.4, 0.5) is 13.2 Å². The lowest BCUT2D eigenvalue weighted by Gasteiger charge is -2.07. The maximum Gasteiger partial charge on any atom is 0.267 e. The molecule has 0 atom stereocenters. The Labute approximate surface area is 83.4 Å². The summed E-state index contributed by atoms with van der Waals surface area (Å²) in [6.45, 7) is 0. The minimum Gasteiger partial charge on any atom is -0.242 e. The van der Waals surface area contributed by atoms with E-state index in [0.717, 1.165) is 0 Å². The van der Waals surface area contributed by atoms with Crippen LogP contribution in [0.3, 0.4) is 0 Å². The molecule has 0 unspecified atom stereocenters. The van der Waals surface area contributed by atoms with Gasteiger partial charge in [0.15, 0.2) is 5.82 Å². The number of aromatic nitrogens is 1. The molecule has 0 amide bonds. The van der Waals surface area contributed by atoms with Gasteiger partial charge in [0.25, 0.3) is 6.43 Å². The fourth-order valence-electron chi connectivity index (χ4n) is 1.13. The van der Waals surface area contributed by atoms with Crippen molar-refractivity contribution in [3.8, 4) is 12.1 Å². The van der Waals surface area contributed by atoms with Crippen LogP contribution in [0.25, 0.3) is 0 Å². The minimum absolute atomic E-state index is 0.338. The van der Waals surface area contributed by atoms with E-state index in [2.05, 4.69) is 4.98 Å². The van der Waals surface area contributed by atoms with Crippen LogP contribution in [0.2, 0.25) is 0 Å². The Bertz CT molecular complexity index is 457. The summed E-state index contributed by atoms with van der Waals surface area (Å²) >= 11 is 0. The largest absolute Gasteiger partial charge is 0.267 e. The smallest absolute Gasteiger partial charge is 0.242 e. The zero-order valence-electron chi connectivity index (χ0n) is 7.34. The Balaban J connectivity index is 3.47. The van der Waals surface area contributed by atoms with Crippen molar-refractivity contribution in [2.24, 2.45) is 0 Å². The maximum atomic E-state index is 13.0. The van der Waals surface area contributed by atoms with E-state index in [-0.39, 0.29) is 11.3 Å². The average molecular weight is 211 g/mol. The molecule has 0 aliphatic rings. The van der Waals surface area contributed by atoms with Crippen molar-refractivity contribution in [2.45, 2.75) is 12.8 Å². The van der Waals surface area contributed by atoms with Gasteiger partial charge in [0.2, 0.25) is 0 Å². The lowest BCUT2D eigenvalue weighted by Crippen LogP contribution is -2.04. The van der Waals surface area contributed by atoms with Gasteiger partial charge in [-0.25, -0.2) is 18.2 Å². The predicted molar refractivity (Wildman–Crippen MR) is 43.2 cm³/mol. The van der Waals surface area contributed by atoms with Crippen molar-refractivity contribution in [2.75, 3.05) is 0 Å². The first-order chi connectivity index (χ1) is 7.11. The maximum absolute atomic E-state index is 13.0. The fraction of sp³-hybridized carbons (Fsp3) is 0.222. The van der Waals surface area contributed by atoms with Crippen LogP contribution in [-0.4, -0.2) is 4.98 Å². The molecule has 0 saturated carbocycles. The number of hydrogen-bond acceptors (Lipinski definition) is 3. The molecule has 3 nitrogen and oxygen atoms in total. The highest BCUT2D eigenvalue weighted by Crippen LogP contribution is 2.27. The Morgan fingerprint density at radius 1 is 1.40 bits per heavy atom. The molecule has 0 N–H and O–H groups in total. The summed E-state index contributed by atoms with van der Waals surface area (Å²) in [5.41, 5.74) is -1.59. The summed E-state index contributed by atoms with van der Waals surface area (Å²) in [6, 6.07) is 3.13. The molecule has 0 fully saturated rings. The van der Waals surface area contributed by atoms with Crippen LogP contribution < -0.4 is 0 Å². The van der Waals surface area contributed by atoms with Gasteiger partial charge in [0, 0.05) is 5.56 Å². The van der Waals surface area contributed by atoms with E-state index in [0.29, 0.717) is 6.20 Å². The van der Waals surface area contributed by atoms with E-state index in [1.165, 1.54) is 0 Å². The number of halogens is 3. The third-order valence-corrected chi connectivity index (χ3v) is 1.76. The van der Waals surface area contributed by atoms with Gasteiger partial charge in [-0.1, -0.05) is 0 Å². The van der Waals surface area contributed by atoms with Crippen LogP contribution >= 0.6 is 0 Å². The van der Waals surface area contributed by atoms with Gasteiger partial charge >= 0.3 is 0 Å². The molecule has 1 aromatic rings.